The van der Waals surface area contributed by atoms with Gasteiger partial charge in [-0.25, -0.2) is 4.39 Å². The first kappa shape index (κ1) is 10.7. The second-order valence-electron chi connectivity index (χ2n) is 3.05. The quantitative estimate of drug-likeness (QED) is 0.563. The number of rotatable bonds is 4. The molecule has 1 aromatic rings. The largest absolute Gasteiger partial charge is 0.398 e. The first-order valence-corrected chi connectivity index (χ1v) is 4.43. The van der Waals surface area contributed by atoms with Crippen molar-refractivity contribution in [2.45, 2.75) is 12.8 Å². The van der Waals surface area contributed by atoms with E-state index in [9.17, 15) is 9.18 Å². The van der Waals surface area contributed by atoms with Crippen molar-refractivity contribution >= 4 is 11.5 Å². The molecule has 0 saturated carbocycles. The molecule has 0 unspecified atom stereocenters. The zero-order chi connectivity index (χ0) is 10.6. The van der Waals surface area contributed by atoms with Gasteiger partial charge in [-0.05, 0) is 31.2 Å². The fraction of sp³-hybridized carbons (Fsp3) is 0.300. The molecule has 0 fully saturated rings. The summed E-state index contributed by atoms with van der Waals surface area (Å²) < 4.78 is 12.8. The van der Waals surface area contributed by atoms with E-state index in [4.69, 9.17) is 11.5 Å². The molecule has 76 valence electrons. The van der Waals surface area contributed by atoms with Gasteiger partial charge >= 0.3 is 0 Å². The van der Waals surface area contributed by atoms with Crippen LogP contribution in [0.5, 0.6) is 0 Å². The van der Waals surface area contributed by atoms with Gasteiger partial charge in [0.2, 0.25) is 0 Å². The molecule has 1 aromatic carbocycles. The number of carbonyl (C=O) groups is 1. The molecule has 0 bridgehead atoms. The van der Waals surface area contributed by atoms with Gasteiger partial charge in [0.1, 0.15) is 5.82 Å². The third kappa shape index (κ3) is 2.53. The van der Waals surface area contributed by atoms with Crippen LogP contribution >= 0.6 is 0 Å². The normalized spacial score (nSPS) is 10.1. The maximum Gasteiger partial charge on any atom is 0.165 e. The minimum atomic E-state index is -0.449. The molecule has 0 radical (unpaired) electrons. The van der Waals surface area contributed by atoms with Gasteiger partial charge in [-0.15, -0.1) is 0 Å². The zero-order valence-corrected chi connectivity index (χ0v) is 7.79. The van der Waals surface area contributed by atoms with Crippen molar-refractivity contribution in [3.05, 3.63) is 29.6 Å². The number of hydrogen-bond acceptors (Lipinski definition) is 3. The summed E-state index contributed by atoms with van der Waals surface area (Å²) in [5.74, 6) is -0.609. The average molecular weight is 196 g/mol. The Hall–Kier alpha value is -1.42. The lowest BCUT2D eigenvalue weighted by Gasteiger charge is -2.03. The molecule has 0 saturated heterocycles. The molecule has 0 heterocycles. The van der Waals surface area contributed by atoms with Crippen LogP contribution in [-0.4, -0.2) is 12.3 Å². The van der Waals surface area contributed by atoms with Crippen LogP contribution in [0, 0.1) is 5.82 Å². The van der Waals surface area contributed by atoms with Crippen LogP contribution in [0.4, 0.5) is 10.1 Å². The van der Waals surface area contributed by atoms with E-state index < -0.39 is 5.82 Å². The first-order chi connectivity index (χ1) is 6.65. The summed E-state index contributed by atoms with van der Waals surface area (Å²) in [4.78, 5) is 11.5. The molecule has 4 N–H and O–H groups in total. The topological polar surface area (TPSA) is 69.1 Å². The van der Waals surface area contributed by atoms with E-state index in [2.05, 4.69) is 0 Å². The molecule has 0 amide bonds. The van der Waals surface area contributed by atoms with Crippen LogP contribution in [0.2, 0.25) is 0 Å². The summed E-state index contributed by atoms with van der Waals surface area (Å²) in [6.07, 6.45) is 0.902. The second kappa shape index (κ2) is 4.72. The first-order valence-electron chi connectivity index (χ1n) is 4.43. The Morgan fingerprint density at radius 2 is 2.14 bits per heavy atom. The lowest BCUT2D eigenvalue weighted by Crippen LogP contribution is -2.07. The van der Waals surface area contributed by atoms with Gasteiger partial charge in [0.05, 0.1) is 0 Å². The van der Waals surface area contributed by atoms with Gasteiger partial charge in [-0.1, -0.05) is 0 Å². The summed E-state index contributed by atoms with van der Waals surface area (Å²) in [5, 5.41) is 0. The van der Waals surface area contributed by atoms with Crippen molar-refractivity contribution in [1.29, 1.82) is 0 Å². The molecule has 0 spiro atoms. The highest BCUT2D eigenvalue weighted by molar-refractivity contribution is 6.00. The van der Waals surface area contributed by atoms with E-state index in [-0.39, 0.29) is 11.3 Å². The van der Waals surface area contributed by atoms with Crippen LogP contribution in [-0.2, 0) is 0 Å². The average Bonchev–Trinajstić information content (AvgIpc) is 2.18. The predicted octanol–water partition coefficient (Wildman–Crippen LogP) is 1.33. The Morgan fingerprint density at radius 3 is 2.79 bits per heavy atom. The Kier molecular flexibility index (Phi) is 3.59. The van der Waals surface area contributed by atoms with Crippen molar-refractivity contribution in [3.63, 3.8) is 0 Å². The van der Waals surface area contributed by atoms with E-state index in [1.165, 1.54) is 12.1 Å². The van der Waals surface area contributed by atoms with Crippen LogP contribution in [0.15, 0.2) is 18.2 Å². The number of Topliss-reactive ketones (excluding diaryl/α,β-unsaturated/α-hetero) is 1. The van der Waals surface area contributed by atoms with E-state index in [1.54, 1.807) is 0 Å². The van der Waals surface area contributed by atoms with Crippen molar-refractivity contribution in [1.82, 2.24) is 0 Å². The molecule has 1 rings (SSSR count). The Balaban J connectivity index is 2.83. The fourth-order valence-electron chi connectivity index (χ4n) is 1.17. The molecule has 14 heavy (non-hydrogen) atoms. The molecular weight excluding hydrogens is 183 g/mol. The molecule has 0 atom stereocenters. The number of benzene rings is 1. The van der Waals surface area contributed by atoms with Crippen molar-refractivity contribution in [2.75, 3.05) is 12.3 Å². The number of ketones is 1. The summed E-state index contributed by atoms with van der Waals surface area (Å²) in [6, 6.07) is 3.79. The van der Waals surface area contributed by atoms with E-state index >= 15 is 0 Å². The molecular formula is C10H13FN2O. The number of hydrogen-bond donors (Lipinski definition) is 2. The maximum absolute atomic E-state index is 12.8. The monoisotopic (exact) mass is 196 g/mol. The zero-order valence-electron chi connectivity index (χ0n) is 7.79. The van der Waals surface area contributed by atoms with Gasteiger partial charge in [0.25, 0.3) is 0 Å². The summed E-state index contributed by atoms with van der Waals surface area (Å²) in [5.41, 5.74) is 11.4. The van der Waals surface area contributed by atoms with Crippen LogP contribution in [0.3, 0.4) is 0 Å². The molecule has 0 aliphatic carbocycles. The van der Waals surface area contributed by atoms with Gasteiger partial charge in [-0.3, -0.25) is 4.79 Å². The van der Waals surface area contributed by atoms with Crippen LogP contribution < -0.4 is 11.5 Å². The maximum atomic E-state index is 12.8. The van der Waals surface area contributed by atoms with Gasteiger partial charge in [0, 0.05) is 17.7 Å². The predicted molar refractivity (Wildman–Crippen MR) is 53.4 cm³/mol. The Bertz CT molecular complexity index is 339. The number of nitrogens with two attached hydrogens (primary N) is 2. The lowest BCUT2D eigenvalue weighted by molar-refractivity contribution is 0.0981. The lowest BCUT2D eigenvalue weighted by atomic mass is 10.0. The minimum Gasteiger partial charge on any atom is -0.398 e. The third-order valence-electron chi connectivity index (χ3n) is 1.92. The second-order valence-corrected chi connectivity index (χ2v) is 3.05. The smallest absolute Gasteiger partial charge is 0.165 e. The highest BCUT2D eigenvalue weighted by Gasteiger charge is 2.09. The Morgan fingerprint density at radius 1 is 1.43 bits per heavy atom. The van der Waals surface area contributed by atoms with Crippen molar-refractivity contribution in [3.8, 4) is 0 Å². The van der Waals surface area contributed by atoms with Gasteiger partial charge < -0.3 is 11.5 Å². The molecule has 0 aliphatic heterocycles. The van der Waals surface area contributed by atoms with Crippen molar-refractivity contribution in [2.24, 2.45) is 5.73 Å². The number of carbonyl (C=O) groups excluding carboxylic acids is 1. The molecule has 0 aliphatic rings. The van der Waals surface area contributed by atoms with Crippen molar-refractivity contribution < 1.29 is 9.18 Å². The number of nitrogen functional groups attached to an aromatic ring is 1. The van der Waals surface area contributed by atoms with E-state index in [0.717, 1.165) is 6.07 Å². The van der Waals surface area contributed by atoms with Gasteiger partial charge in [0.15, 0.2) is 5.78 Å². The molecule has 0 aromatic heterocycles. The highest BCUT2D eigenvalue weighted by atomic mass is 19.1. The van der Waals surface area contributed by atoms with Crippen LogP contribution in [0.25, 0.3) is 0 Å². The standard InChI is InChI=1S/C10H13FN2O/c11-7-3-4-9(13)8(6-7)10(14)2-1-5-12/h3-4,6H,1-2,5,12-13H2. The van der Waals surface area contributed by atoms with E-state index in [1.807, 2.05) is 0 Å². The molecule has 3 nitrogen and oxygen atoms in total. The van der Waals surface area contributed by atoms with Crippen LogP contribution in [0.1, 0.15) is 23.2 Å². The fourth-order valence-corrected chi connectivity index (χ4v) is 1.17. The number of halogens is 1. The highest BCUT2D eigenvalue weighted by Crippen LogP contribution is 2.15. The van der Waals surface area contributed by atoms with E-state index in [0.29, 0.717) is 25.1 Å². The minimum absolute atomic E-state index is 0.160. The molecule has 4 heteroatoms. The Labute approximate surface area is 81.9 Å². The summed E-state index contributed by atoms with van der Waals surface area (Å²) in [7, 11) is 0. The third-order valence-corrected chi connectivity index (χ3v) is 1.92. The van der Waals surface area contributed by atoms with Gasteiger partial charge in [-0.2, -0.15) is 0 Å². The summed E-state index contributed by atoms with van der Waals surface area (Å²) in [6.45, 7) is 0.445. The SMILES string of the molecule is NCCCC(=O)c1cc(F)ccc1N. The number of anilines is 1. The summed E-state index contributed by atoms with van der Waals surface area (Å²) >= 11 is 0.